The fraction of sp³-hybridized carbons (Fsp3) is 0.368. The van der Waals surface area contributed by atoms with Gasteiger partial charge in [-0.15, -0.1) is 0 Å². The van der Waals surface area contributed by atoms with E-state index in [0.29, 0.717) is 33.0 Å². The molecule has 0 spiro atoms. The number of hydrogen-bond acceptors (Lipinski definition) is 4. The van der Waals surface area contributed by atoms with Crippen LogP contribution < -0.4 is 0 Å². The van der Waals surface area contributed by atoms with Gasteiger partial charge in [-0.25, -0.2) is 4.39 Å². The minimum atomic E-state index is -0.612. The number of phenolic OH excluding ortho intramolecular Hbond substituents is 1. The van der Waals surface area contributed by atoms with Crippen LogP contribution in [0.25, 0.3) is 11.1 Å². The van der Waals surface area contributed by atoms with Crippen molar-refractivity contribution in [2.45, 2.75) is 6.42 Å². The second-order valence-corrected chi connectivity index (χ2v) is 5.33. The fourth-order valence-corrected chi connectivity index (χ4v) is 2.21. The summed E-state index contributed by atoms with van der Waals surface area (Å²) in [5, 5.41) is 9.44. The Hall–Kier alpha value is -1.95. The summed E-state index contributed by atoms with van der Waals surface area (Å²) in [6, 6.07) is 12.3. The normalized spacial score (nSPS) is 10.9. The Morgan fingerprint density at radius 3 is 2.12 bits per heavy atom. The van der Waals surface area contributed by atoms with Gasteiger partial charge in [-0.05, 0) is 35.2 Å². The maximum Gasteiger partial charge on any atom is 0.164 e. The second-order valence-electron chi connectivity index (χ2n) is 5.33. The van der Waals surface area contributed by atoms with Crippen LogP contribution in [-0.2, 0) is 20.6 Å². The summed E-state index contributed by atoms with van der Waals surface area (Å²) >= 11 is 0. The Morgan fingerprint density at radius 2 is 1.46 bits per heavy atom. The number of halogens is 1. The smallest absolute Gasteiger partial charge is 0.164 e. The Morgan fingerprint density at radius 1 is 0.833 bits per heavy atom. The van der Waals surface area contributed by atoms with E-state index >= 15 is 0 Å². The lowest BCUT2D eigenvalue weighted by Crippen LogP contribution is -2.09. The zero-order valence-corrected chi connectivity index (χ0v) is 13.8. The van der Waals surface area contributed by atoms with Crippen molar-refractivity contribution in [1.82, 2.24) is 0 Å². The molecule has 0 amide bonds. The molecule has 4 nitrogen and oxygen atoms in total. The maximum atomic E-state index is 13.1. The molecule has 0 radical (unpaired) electrons. The van der Waals surface area contributed by atoms with Crippen LogP contribution in [-0.4, -0.2) is 45.3 Å². The SMILES string of the molecule is COCCOCCOCCc1ccc(-c2ccc(F)c(O)c2)cc1. The highest BCUT2D eigenvalue weighted by Gasteiger charge is 2.04. The largest absolute Gasteiger partial charge is 0.505 e. The quantitative estimate of drug-likeness (QED) is 0.676. The average Bonchev–Trinajstić information content (AvgIpc) is 2.60. The van der Waals surface area contributed by atoms with E-state index in [1.54, 1.807) is 13.2 Å². The molecule has 2 aromatic rings. The summed E-state index contributed by atoms with van der Waals surface area (Å²) in [4.78, 5) is 0. The number of aromatic hydroxyl groups is 1. The van der Waals surface area contributed by atoms with E-state index < -0.39 is 5.82 Å². The van der Waals surface area contributed by atoms with Crippen LogP contribution in [0.2, 0.25) is 0 Å². The topological polar surface area (TPSA) is 47.9 Å². The number of rotatable bonds is 10. The third kappa shape index (κ3) is 5.92. The van der Waals surface area contributed by atoms with Crippen molar-refractivity contribution in [1.29, 1.82) is 0 Å². The number of methoxy groups -OCH3 is 1. The molecule has 0 aliphatic carbocycles. The summed E-state index contributed by atoms with van der Waals surface area (Å²) in [5.74, 6) is -0.948. The standard InChI is InChI=1S/C19H23FO4/c1-22-10-11-24-13-12-23-9-8-15-2-4-16(5-3-15)17-6-7-18(20)19(21)14-17/h2-7,14,21H,8-13H2,1H3. The van der Waals surface area contributed by atoms with Crippen molar-refractivity contribution in [3.05, 3.63) is 53.8 Å². The molecule has 0 aliphatic heterocycles. The molecule has 2 aromatic carbocycles. The van der Waals surface area contributed by atoms with Gasteiger partial charge in [0.2, 0.25) is 0 Å². The first-order valence-electron chi connectivity index (χ1n) is 7.93. The molecule has 0 aliphatic rings. The van der Waals surface area contributed by atoms with Gasteiger partial charge >= 0.3 is 0 Å². The van der Waals surface area contributed by atoms with E-state index in [9.17, 15) is 9.50 Å². The van der Waals surface area contributed by atoms with Gasteiger partial charge in [0.15, 0.2) is 11.6 Å². The van der Waals surface area contributed by atoms with E-state index in [1.165, 1.54) is 12.1 Å². The molecule has 24 heavy (non-hydrogen) atoms. The van der Waals surface area contributed by atoms with E-state index in [2.05, 4.69) is 0 Å². The Balaban J connectivity index is 1.73. The molecule has 0 saturated carbocycles. The van der Waals surface area contributed by atoms with Gasteiger partial charge in [-0.2, -0.15) is 0 Å². The maximum absolute atomic E-state index is 13.1. The average molecular weight is 334 g/mol. The van der Waals surface area contributed by atoms with Gasteiger partial charge in [0.1, 0.15) is 0 Å². The third-order valence-corrected chi connectivity index (χ3v) is 3.57. The molecule has 0 atom stereocenters. The van der Waals surface area contributed by atoms with Gasteiger partial charge in [-0.1, -0.05) is 30.3 Å². The summed E-state index contributed by atoms with van der Waals surface area (Å²) in [7, 11) is 1.64. The van der Waals surface area contributed by atoms with E-state index in [4.69, 9.17) is 14.2 Å². The minimum Gasteiger partial charge on any atom is -0.505 e. The third-order valence-electron chi connectivity index (χ3n) is 3.57. The van der Waals surface area contributed by atoms with Crippen LogP contribution in [0.1, 0.15) is 5.56 Å². The molecule has 2 rings (SSSR count). The van der Waals surface area contributed by atoms with Gasteiger partial charge in [-0.3, -0.25) is 0 Å². The van der Waals surface area contributed by atoms with E-state index in [-0.39, 0.29) is 5.75 Å². The van der Waals surface area contributed by atoms with Crippen LogP contribution in [0.15, 0.2) is 42.5 Å². The lowest BCUT2D eigenvalue weighted by atomic mass is 10.0. The first kappa shape index (κ1) is 18.4. The van der Waals surface area contributed by atoms with Gasteiger partial charge < -0.3 is 19.3 Å². The Labute approximate surface area is 141 Å². The van der Waals surface area contributed by atoms with Crippen molar-refractivity contribution < 1.29 is 23.7 Å². The summed E-state index contributed by atoms with van der Waals surface area (Å²) in [5.41, 5.74) is 2.87. The summed E-state index contributed by atoms with van der Waals surface area (Å²) in [6.45, 7) is 2.94. The Kier molecular flexibility index (Phi) is 7.68. The zero-order valence-electron chi connectivity index (χ0n) is 13.8. The van der Waals surface area contributed by atoms with Crippen molar-refractivity contribution in [3.8, 4) is 16.9 Å². The predicted molar refractivity (Wildman–Crippen MR) is 90.7 cm³/mol. The number of hydrogen-bond donors (Lipinski definition) is 1. The van der Waals surface area contributed by atoms with Crippen LogP contribution in [0.3, 0.4) is 0 Å². The molecule has 0 bridgehead atoms. The zero-order chi connectivity index (χ0) is 17.2. The number of benzene rings is 2. The monoisotopic (exact) mass is 334 g/mol. The number of phenols is 1. The lowest BCUT2D eigenvalue weighted by molar-refractivity contribution is 0.0255. The molecule has 130 valence electrons. The molecule has 0 heterocycles. The second kappa shape index (κ2) is 10.0. The highest BCUT2D eigenvalue weighted by Crippen LogP contribution is 2.25. The molecule has 0 saturated heterocycles. The van der Waals surface area contributed by atoms with Crippen LogP contribution >= 0.6 is 0 Å². The molecule has 0 unspecified atom stereocenters. The highest BCUT2D eigenvalue weighted by atomic mass is 19.1. The molecule has 0 fully saturated rings. The van der Waals surface area contributed by atoms with E-state index in [0.717, 1.165) is 23.1 Å². The minimum absolute atomic E-state index is 0.335. The van der Waals surface area contributed by atoms with Gasteiger partial charge in [0, 0.05) is 7.11 Å². The summed E-state index contributed by atoms with van der Waals surface area (Å²) in [6.07, 6.45) is 0.813. The first-order chi connectivity index (χ1) is 11.7. The fourth-order valence-electron chi connectivity index (χ4n) is 2.21. The number of ether oxygens (including phenoxy) is 3. The summed E-state index contributed by atoms with van der Waals surface area (Å²) < 4.78 is 28.8. The van der Waals surface area contributed by atoms with Gasteiger partial charge in [0.25, 0.3) is 0 Å². The Bertz CT molecular complexity index is 613. The van der Waals surface area contributed by atoms with Crippen LogP contribution in [0, 0.1) is 5.82 Å². The first-order valence-corrected chi connectivity index (χ1v) is 7.93. The molecule has 1 N–H and O–H groups in total. The van der Waals surface area contributed by atoms with E-state index in [1.807, 2.05) is 24.3 Å². The predicted octanol–water partition coefficient (Wildman–Crippen LogP) is 3.42. The van der Waals surface area contributed by atoms with Crippen molar-refractivity contribution in [3.63, 3.8) is 0 Å². The van der Waals surface area contributed by atoms with Gasteiger partial charge in [0.05, 0.1) is 33.0 Å². The highest BCUT2D eigenvalue weighted by molar-refractivity contribution is 5.65. The van der Waals surface area contributed by atoms with Crippen LogP contribution in [0.4, 0.5) is 4.39 Å². The molecule has 0 aromatic heterocycles. The van der Waals surface area contributed by atoms with Crippen molar-refractivity contribution in [2.24, 2.45) is 0 Å². The molecule has 5 heteroatoms. The molecular weight excluding hydrogens is 311 g/mol. The van der Waals surface area contributed by atoms with Crippen LogP contribution in [0.5, 0.6) is 5.75 Å². The van der Waals surface area contributed by atoms with Crippen molar-refractivity contribution >= 4 is 0 Å². The van der Waals surface area contributed by atoms with Crippen molar-refractivity contribution in [2.75, 3.05) is 40.1 Å². The lowest BCUT2D eigenvalue weighted by Gasteiger charge is -2.07. The molecular formula is C19H23FO4.